The molecule has 0 spiro atoms. The van der Waals surface area contributed by atoms with Gasteiger partial charge in [0.05, 0.1) is 0 Å². The third-order valence-corrected chi connectivity index (χ3v) is 5.95. The van der Waals surface area contributed by atoms with Gasteiger partial charge in [0.1, 0.15) is 0 Å². The van der Waals surface area contributed by atoms with E-state index in [2.05, 4.69) is 42.6 Å². The lowest BCUT2D eigenvalue weighted by molar-refractivity contribution is 0.370. The van der Waals surface area contributed by atoms with Crippen LogP contribution in [0, 0.1) is 29.6 Å². The number of hydrogen-bond acceptors (Lipinski definition) is 1. The molecule has 1 aromatic carbocycles. The Labute approximate surface area is 116 Å². The molecule has 3 aliphatic carbocycles. The summed E-state index contributed by atoms with van der Waals surface area (Å²) in [4.78, 5) is 0. The van der Waals surface area contributed by atoms with E-state index < -0.39 is 0 Å². The Hall–Kier alpha value is -0.820. The topological polar surface area (TPSA) is 12.0 Å². The first-order chi connectivity index (χ1) is 9.40. The van der Waals surface area contributed by atoms with Gasteiger partial charge in [-0.1, -0.05) is 37.3 Å². The van der Waals surface area contributed by atoms with Gasteiger partial charge in [-0.3, -0.25) is 0 Å². The highest BCUT2D eigenvalue weighted by molar-refractivity contribution is 5.26. The standard InChI is InChI=1S/C18H25N/c1-2-10-19-18(12-6-4-3-5-7-12)17-15-13-8-9-14(11-13)16(15)17/h3-7,13-19H,2,8-11H2,1H3. The van der Waals surface area contributed by atoms with Crippen LogP contribution in [0.5, 0.6) is 0 Å². The Balaban J connectivity index is 1.55. The van der Waals surface area contributed by atoms with E-state index in [1.807, 2.05) is 0 Å². The minimum absolute atomic E-state index is 0.625. The number of rotatable bonds is 5. The Bertz CT molecular complexity index is 424. The van der Waals surface area contributed by atoms with Crippen LogP contribution in [0.25, 0.3) is 0 Å². The molecule has 0 aliphatic heterocycles. The van der Waals surface area contributed by atoms with E-state index in [0.717, 1.165) is 36.1 Å². The monoisotopic (exact) mass is 255 g/mol. The van der Waals surface area contributed by atoms with Crippen LogP contribution in [0.4, 0.5) is 0 Å². The number of hydrogen-bond donors (Lipinski definition) is 1. The minimum atomic E-state index is 0.625. The Morgan fingerprint density at radius 3 is 2.42 bits per heavy atom. The lowest BCUT2D eigenvalue weighted by Crippen LogP contribution is -2.26. The van der Waals surface area contributed by atoms with E-state index in [1.54, 1.807) is 6.42 Å². The molecular formula is C18H25N. The number of fused-ring (bicyclic) bond motifs is 5. The zero-order valence-electron chi connectivity index (χ0n) is 11.9. The van der Waals surface area contributed by atoms with Crippen LogP contribution in [0.3, 0.4) is 0 Å². The maximum Gasteiger partial charge on any atom is 0.0354 e. The first kappa shape index (κ1) is 12.0. The van der Waals surface area contributed by atoms with Crippen molar-refractivity contribution in [1.29, 1.82) is 0 Å². The average molecular weight is 255 g/mol. The number of benzene rings is 1. The van der Waals surface area contributed by atoms with Crippen molar-refractivity contribution >= 4 is 0 Å². The summed E-state index contributed by atoms with van der Waals surface area (Å²) in [5.41, 5.74) is 1.52. The lowest BCUT2D eigenvalue weighted by Gasteiger charge is -2.22. The molecular weight excluding hydrogens is 230 g/mol. The molecule has 3 fully saturated rings. The fourth-order valence-electron chi connectivity index (χ4n) is 5.27. The van der Waals surface area contributed by atoms with Crippen molar-refractivity contribution in [1.82, 2.24) is 5.32 Å². The zero-order chi connectivity index (χ0) is 12.8. The highest BCUT2D eigenvalue weighted by atomic mass is 15.0. The van der Waals surface area contributed by atoms with Gasteiger partial charge in [-0.05, 0) is 67.4 Å². The molecule has 5 unspecified atom stereocenters. The minimum Gasteiger partial charge on any atom is -0.310 e. The molecule has 0 amide bonds. The smallest absolute Gasteiger partial charge is 0.0354 e. The third kappa shape index (κ3) is 1.86. The first-order valence-electron chi connectivity index (χ1n) is 8.18. The predicted octanol–water partition coefficient (Wildman–Crippen LogP) is 4.02. The molecule has 1 heteroatoms. The first-order valence-corrected chi connectivity index (χ1v) is 8.18. The molecule has 4 rings (SSSR count). The van der Waals surface area contributed by atoms with E-state index in [0.29, 0.717) is 6.04 Å². The van der Waals surface area contributed by atoms with E-state index in [1.165, 1.54) is 24.8 Å². The predicted molar refractivity (Wildman–Crippen MR) is 78.8 cm³/mol. The summed E-state index contributed by atoms with van der Waals surface area (Å²) in [7, 11) is 0. The maximum atomic E-state index is 3.85. The molecule has 19 heavy (non-hydrogen) atoms. The average Bonchev–Trinajstić information content (AvgIpc) is 2.88. The van der Waals surface area contributed by atoms with E-state index in [9.17, 15) is 0 Å². The SMILES string of the molecule is CCCNC(c1ccccc1)C1C2C3CCC(C3)C21. The largest absolute Gasteiger partial charge is 0.310 e. The van der Waals surface area contributed by atoms with E-state index in [-0.39, 0.29) is 0 Å². The Kier molecular flexibility index (Phi) is 2.91. The molecule has 0 aromatic heterocycles. The second-order valence-corrected chi connectivity index (χ2v) is 6.91. The summed E-state index contributed by atoms with van der Waals surface area (Å²) >= 11 is 0. The lowest BCUT2D eigenvalue weighted by atomic mass is 9.93. The van der Waals surface area contributed by atoms with E-state index in [4.69, 9.17) is 0 Å². The molecule has 2 bridgehead atoms. The third-order valence-electron chi connectivity index (χ3n) is 5.95. The van der Waals surface area contributed by atoms with Crippen LogP contribution >= 0.6 is 0 Å². The van der Waals surface area contributed by atoms with Gasteiger partial charge in [0.15, 0.2) is 0 Å². The van der Waals surface area contributed by atoms with Gasteiger partial charge in [0.25, 0.3) is 0 Å². The molecule has 1 N–H and O–H groups in total. The van der Waals surface area contributed by atoms with Crippen molar-refractivity contribution in [3.05, 3.63) is 35.9 Å². The highest BCUT2D eigenvalue weighted by Gasteiger charge is 2.66. The highest BCUT2D eigenvalue weighted by Crippen LogP contribution is 2.72. The summed E-state index contributed by atoms with van der Waals surface area (Å²) in [5.74, 6) is 5.23. The van der Waals surface area contributed by atoms with E-state index >= 15 is 0 Å². The molecule has 3 aliphatic rings. The summed E-state index contributed by atoms with van der Waals surface area (Å²) in [6.45, 7) is 3.43. The fraction of sp³-hybridized carbons (Fsp3) is 0.667. The fourth-order valence-corrected chi connectivity index (χ4v) is 5.27. The van der Waals surface area contributed by atoms with Crippen molar-refractivity contribution in [2.45, 2.75) is 38.6 Å². The second kappa shape index (κ2) is 4.63. The maximum absolute atomic E-state index is 3.85. The molecule has 1 aromatic rings. The van der Waals surface area contributed by atoms with Gasteiger partial charge >= 0.3 is 0 Å². The van der Waals surface area contributed by atoms with Crippen molar-refractivity contribution in [3.63, 3.8) is 0 Å². The molecule has 0 saturated heterocycles. The van der Waals surface area contributed by atoms with Crippen molar-refractivity contribution in [3.8, 4) is 0 Å². The molecule has 0 heterocycles. The van der Waals surface area contributed by atoms with Crippen molar-refractivity contribution < 1.29 is 0 Å². The van der Waals surface area contributed by atoms with Crippen molar-refractivity contribution in [2.24, 2.45) is 29.6 Å². The Morgan fingerprint density at radius 1 is 1.11 bits per heavy atom. The molecule has 5 atom stereocenters. The molecule has 0 radical (unpaired) electrons. The summed E-state index contributed by atoms with van der Waals surface area (Å²) in [6.07, 6.45) is 5.84. The van der Waals surface area contributed by atoms with Crippen LogP contribution in [-0.2, 0) is 0 Å². The van der Waals surface area contributed by atoms with Crippen LogP contribution < -0.4 is 5.32 Å². The summed E-state index contributed by atoms with van der Waals surface area (Å²) < 4.78 is 0. The summed E-state index contributed by atoms with van der Waals surface area (Å²) in [5, 5.41) is 3.85. The second-order valence-electron chi connectivity index (χ2n) is 6.91. The molecule has 1 nitrogen and oxygen atoms in total. The zero-order valence-corrected chi connectivity index (χ0v) is 11.9. The quantitative estimate of drug-likeness (QED) is 0.838. The molecule has 3 saturated carbocycles. The number of nitrogens with one attached hydrogen (secondary N) is 1. The van der Waals surface area contributed by atoms with Crippen LogP contribution in [0.1, 0.15) is 44.2 Å². The van der Waals surface area contributed by atoms with Crippen LogP contribution in [0.2, 0.25) is 0 Å². The van der Waals surface area contributed by atoms with Gasteiger partial charge in [0, 0.05) is 6.04 Å². The van der Waals surface area contributed by atoms with Crippen LogP contribution in [-0.4, -0.2) is 6.54 Å². The Morgan fingerprint density at radius 2 is 1.79 bits per heavy atom. The summed E-state index contributed by atoms with van der Waals surface area (Å²) in [6, 6.07) is 11.8. The molecule has 102 valence electrons. The van der Waals surface area contributed by atoms with Crippen molar-refractivity contribution in [2.75, 3.05) is 6.54 Å². The normalized spacial score (nSPS) is 40.2. The van der Waals surface area contributed by atoms with Gasteiger partial charge in [-0.2, -0.15) is 0 Å². The van der Waals surface area contributed by atoms with Crippen LogP contribution in [0.15, 0.2) is 30.3 Å². The van der Waals surface area contributed by atoms with Gasteiger partial charge < -0.3 is 5.32 Å². The van der Waals surface area contributed by atoms with Gasteiger partial charge in [0.2, 0.25) is 0 Å². The van der Waals surface area contributed by atoms with Gasteiger partial charge in [-0.25, -0.2) is 0 Å². The van der Waals surface area contributed by atoms with Gasteiger partial charge in [-0.15, -0.1) is 0 Å².